The summed E-state index contributed by atoms with van der Waals surface area (Å²) in [6.45, 7) is 2.42. The molecule has 1 aliphatic carbocycles. The molecule has 7 nitrogen and oxygen atoms in total. The predicted octanol–water partition coefficient (Wildman–Crippen LogP) is 5.28. The molecule has 1 amide bonds. The third-order valence-corrected chi connectivity index (χ3v) is 8.02. The normalized spacial score (nSPS) is 22.3. The zero-order chi connectivity index (χ0) is 26.3. The molecule has 0 spiro atoms. The van der Waals surface area contributed by atoms with Crippen molar-refractivity contribution in [3.63, 3.8) is 0 Å². The average Bonchev–Trinajstić information content (AvgIpc) is 3.38. The Balaban J connectivity index is 1.43. The summed E-state index contributed by atoms with van der Waals surface area (Å²) in [5.74, 6) is -1.72. The van der Waals surface area contributed by atoms with Gasteiger partial charge in [-0.2, -0.15) is 0 Å². The number of hydrogen-bond acceptors (Lipinski definition) is 6. The van der Waals surface area contributed by atoms with Crippen molar-refractivity contribution in [2.75, 3.05) is 11.9 Å². The van der Waals surface area contributed by atoms with Crippen molar-refractivity contribution in [1.29, 1.82) is 0 Å². The van der Waals surface area contributed by atoms with Crippen LogP contribution in [-0.2, 0) is 4.79 Å². The van der Waals surface area contributed by atoms with E-state index in [2.05, 4.69) is 15.2 Å². The number of carbonyl (C=O) groups is 2. The zero-order valence-corrected chi connectivity index (χ0v) is 21.4. The maximum atomic E-state index is 14.2. The van der Waals surface area contributed by atoms with Crippen LogP contribution in [-0.4, -0.2) is 51.4 Å². The molecule has 1 atom stereocenters. The van der Waals surface area contributed by atoms with Gasteiger partial charge in [0.25, 0.3) is 0 Å². The van der Waals surface area contributed by atoms with Gasteiger partial charge in [0.05, 0.1) is 27.8 Å². The number of nitrogens with zero attached hydrogens (tertiary/aromatic N) is 2. The van der Waals surface area contributed by atoms with Crippen LogP contribution in [0.15, 0.2) is 36.5 Å². The molecule has 3 aromatic rings. The van der Waals surface area contributed by atoms with Crippen LogP contribution in [0, 0.1) is 5.82 Å². The van der Waals surface area contributed by atoms with Crippen LogP contribution in [0.5, 0.6) is 5.75 Å². The number of carbonyl (C=O) groups excluding carboxylic acids is 2. The van der Waals surface area contributed by atoms with Gasteiger partial charge < -0.3 is 16.2 Å². The van der Waals surface area contributed by atoms with Crippen molar-refractivity contribution in [2.24, 2.45) is 5.73 Å². The molecule has 1 aliphatic heterocycles. The van der Waals surface area contributed by atoms with Crippen LogP contribution in [0.4, 0.5) is 10.1 Å². The van der Waals surface area contributed by atoms with Crippen molar-refractivity contribution in [2.45, 2.75) is 63.6 Å². The fraction of sp³-hybridized carbons (Fsp3) is 0.393. The van der Waals surface area contributed by atoms with Gasteiger partial charge in [0.2, 0.25) is 5.91 Å². The lowest BCUT2D eigenvalue weighted by molar-refractivity contribution is -0.123. The third-order valence-electron chi connectivity index (χ3n) is 7.73. The Hall–Kier alpha value is -3.23. The molecule has 5 rings (SSSR count). The average molecular weight is 525 g/mol. The van der Waals surface area contributed by atoms with Gasteiger partial charge in [-0.3, -0.25) is 19.5 Å². The summed E-state index contributed by atoms with van der Waals surface area (Å²) in [5.41, 5.74) is 8.74. The number of benzene rings is 2. The lowest BCUT2D eigenvalue weighted by Gasteiger charge is -2.37. The van der Waals surface area contributed by atoms with Crippen LogP contribution in [0.2, 0.25) is 5.02 Å². The van der Waals surface area contributed by atoms with Gasteiger partial charge in [0.1, 0.15) is 0 Å². The number of phenols is 1. The number of fused-ring (bicyclic) bond motifs is 1. The van der Waals surface area contributed by atoms with E-state index in [1.165, 1.54) is 19.1 Å². The minimum atomic E-state index is -0.801. The Labute approximate surface area is 219 Å². The van der Waals surface area contributed by atoms with Gasteiger partial charge in [-0.1, -0.05) is 17.7 Å². The third kappa shape index (κ3) is 5.00. The molecule has 2 aliphatic rings. The number of nitrogens with one attached hydrogen (secondary N) is 1. The van der Waals surface area contributed by atoms with E-state index in [0.29, 0.717) is 33.9 Å². The highest BCUT2D eigenvalue weighted by Gasteiger charge is 2.36. The van der Waals surface area contributed by atoms with Crippen LogP contribution in [0.1, 0.15) is 55.8 Å². The van der Waals surface area contributed by atoms with Gasteiger partial charge in [0.15, 0.2) is 17.3 Å². The molecule has 0 radical (unpaired) electrons. The molecule has 37 heavy (non-hydrogen) atoms. The molecule has 0 unspecified atom stereocenters. The number of amides is 1. The van der Waals surface area contributed by atoms with Crippen molar-refractivity contribution >= 4 is 39.9 Å². The van der Waals surface area contributed by atoms with Crippen LogP contribution in [0.3, 0.4) is 0 Å². The summed E-state index contributed by atoms with van der Waals surface area (Å²) in [4.78, 5) is 31.1. The van der Waals surface area contributed by atoms with Crippen molar-refractivity contribution in [1.82, 2.24) is 9.88 Å². The Morgan fingerprint density at radius 1 is 1.14 bits per heavy atom. The SMILES string of the molecule is CC(=O)c1cnc2ccc(-c3cc(F)c(O)c(Cl)c3)cc2c1NC1CCC(N2CCC[C@H]2C(N)=O)CC1. The minimum Gasteiger partial charge on any atom is -0.504 e. The number of pyridine rings is 1. The molecule has 2 heterocycles. The molecule has 1 aromatic heterocycles. The molecule has 1 saturated heterocycles. The highest BCUT2D eigenvalue weighted by atomic mass is 35.5. The van der Waals surface area contributed by atoms with Gasteiger partial charge in [-0.05, 0) is 87.4 Å². The van der Waals surface area contributed by atoms with Crippen LogP contribution < -0.4 is 11.1 Å². The monoisotopic (exact) mass is 524 g/mol. The Morgan fingerprint density at radius 2 is 1.89 bits per heavy atom. The standard InChI is InChI=1S/C28H30ClFN4O3/c1-15(35)21-14-32-24-9-4-16(17-12-22(29)27(36)23(30)13-17)11-20(24)26(21)33-18-5-7-19(8-6-18)34-10-2-3-25(34)28(31)37/h4,9,11-14,18-19,25,36H,2-3,5-8,10H2,1H3,(H2,31,37)(H,32,33)/t18?,19?,25-/m0/s1. The number of Topliss-reactive ketones (excluding diaryl/α,β-unsaturated/α-hetero) is 1. The Bertz CT molecular complexity index is 1350. The molecular weight excluding hydrogens is 495 g/mol. The fourth-order valence-corrected chi connectivity index (χ4v) is 6.02. The van der Waals surface area contributed by atoms with E-state index in [0.717, 1.165) is 50.5 Å². The number of primary amides is 1. The second kappa shape index (κ2) is 10.3. The molecule has 2 aromatic carbocycles. The van der Waals surface area contributed by atoms with Crippen molar-refractivity contribution in [3.05, 3.63) is 52.9 Å². The number of anilines is 1. The number of likely N-dealkylation sites (tertiary alicyclic amines) is 1. The molecule has 1 saturated carbocycles. The Kier molecular flexibility index (Phi) is 7.05. The van der Waals surface area contributed by atoms with Gasteiger partial charge in [0, 0.05) is 23.7 Å². The summed E-state index contributed by atoms with van der Waals surface area (Å²) >= 11 is 6.01. The van der Waals surface area contributed by atoms with E-state index in [9.17, 15) is 19.1 Å². The number of phenolic OH excluding ortho intramolecular Hbond substituents is 1. The molecule has 4 N–H and O–H groups in total. The van der Waals surface area contributed by atoms with Gasteiger partial charge in [-0.25, -0.2) is 4.39 Å². The predicted molar refractivity (Wildman–Crippen MR) is 142 cm³/mol. The molecule has 0 bridgehead atoms. The largest absolute Gasteiger partial charge is 0.504 e. The smallest absolute Gasteiger partial charge is 0.234 e. The zero-order valence-electron chi connectivity index (χ0n) is 20.6. The summed E-state index contributed by atoms with van der Waals surface area (Å²) < 4.78 is 14.2. The molecule has 194 valence electrons. The van der Waals surface area contributed by atoms with E-state index in [1.807, 2.05) is 18.2 Å². The highest BCUT2D eigenvalue weighted by Crippen LogP contribution is 2.37. The van der Waals surface area contributed by atoms with Crippen molar-refractivity contribution < 1.29 is 19.1 Å². The van der Waals surface area contributed by atoms with Crippen molar-refractivity contribution in [3.8, 4) is 16.9 Å². The highest BCUT2D eigenvalue weighted by molar-refractivity contribution is 6.32. The number of aromatic hydroxyl groups is 1. The molecular formula is C28H30ClFN4O3. The number of aromatic nitrogens is 1. The number of nitrogens with two attached hydrogens (primary N) is 1. The summed E-state index contributed by atoms with van der Waals surface area (Å²) in [7, 11) is 0. The number of halogens is 2. The maximum Gasteiger partial charge on any atom is 0.234 e. The number of hydrogen-bond donors (Lipinski definition) is 3. The topological polar surface area (TPSA) is 109 Å². The first-order valence-electron chi connectivity index (χ1n) is 12.7. The number of ketones is 1. The quantitative estimate of drug-likeness (QED) is 0.379. The molecule has 9 heteroatoms. The van der Waals surface area contributed by atoms with Gasteiger partial charge in [-0.15, -0.1) is 0 Å². The van der Waals surface area contributed by atoms with Crippen LogP contribution in [0.25, 0.3) is 22.0 Å². The van der Waals surface area contributed by atoms with E-state index < -0.39 is 11.6 Å². The second-order valence-corrected chi connectivity index (χ2v) is 10.5. The van der Waals surface area contributed by atoms with E-state index in [4.69, 9.17) is 17.3 Å². The maximum absolute atomic E-state index is 14.2. The lowest BCUT2D eigenvalue weighted by atomic mass is 9.89. The van der Waals surface area contributed by atoms with Crippen LogP contribution >= 0.6 is 11.6 Å². The molecule has 2 fully saturated rings. The van der Waals surface area contributed by atoms with Gasteiger partial charge >= 0.3 is 0 Å². The van der Waals surface area contributed by atoms with E-state index in [-0.39, 0.29) is 28.8 Å². The minimum absolute atomic E-state index is 0.0719. The van der Waals surface area contributed by atoms with E-state index in [1.54, 1.807) is 6.20 Å². The first-order chi connectivity index (χ1) is 17.7. The fourth-order valence-electron chi connectivity index (χ4n) is 5.81. The Morgan fingerprint density at radius 3 is 2.57 bits per heavy atom. The van der Waals surface area contributed by atoms with E-state index >= 15 is 0 Å². The summed E-state index contributed by atoms with van der Waals surface area (Å²) in [6, 6.07) is 8.56. The number of rotatable bonds is 6. The first-order valence-corrected chi connectivity index (χ1v) is 13.0. The first kappa shape index (κ1) is 25.4. The second-order valence-electron chi connectivity index (χ2n) is 10.1. The lowest BCUT2D eigenvalue weighted by Crippen LogP contribution is -2.48. The summed E-state index contributed by atoms with van der Waals surface area (Å²) in [5, 5.41) is 14.0. The summed E-state index contributed by atoms with van der Waals surface area (Å²) in [6.07, 6.45) is 7.09.